The third kappa shape index (κ3) is 7.73. The van der Waals surface area contributed by atoms with Gasteiger partial charge >= 0.3 is 15.2 Å². The molecule has 0 amide bonds. The summed E-state index contributed by atoms with van der Waals surface area (Å²) in [5, 5.41) is -2.94. The van der Waals surface area contributed by atoms with E-state index < -0.39 is 26.7 Å². The summed E-state index contributed by atoms with van der Waals surface area (Å²) in [6.45, 7) is 5.82. The van der Waals surface area contributed by atoms with E-state index >= 15 is 0 Å². The first-order valence-electron chi connectivity index (χ1n) is 10.9. The van der Waals surface area contributed by atoms with Crippen molar-refractivity contribution in [3.05, 3.63) is 71.8 Å². The summed E-state index contributed by atoms with van der Waals surface area (Å²) >= 11 is 0. The van der Waals surface area contributed by atoms with Crippen molar-refractivity contribution in [2.24, 2.45) is 5.92 Å². The van der Waals surface area contributed by atoms with Gasteiger partial charge in [0.25, 0.3) is 5.08 Å². The molecule has 33 heavy (non-hydrogen) atoms. The second kappa shape index (κ2) is 11.7. The number of hydrogen-bond donors (Lipinski definition) is 4. The standard InChI is InChI=1S/C24H34O7P2/c1-19(2)9-7-10-20(3)15-16-31-24(32(25,26)27,33(28,29)30)18-21-11-8-14-23(17-21)22-12-5-4-6-13-22/h4-6,8-9,11-14,17,20H,7,10,15-16,18H2,1-3H3,(H2,25,26,27)(H2,28,29,30)/t20-/m0/s1. The molecule has 0 unspecified atom stereocenters. The SMILES string of the molecule is CC(C)=CCC[C@H](C)CCOC(Cc1cccc(-c2ccccc2)c1)(P(=O)(O)O)P(=O)(O)O. The molecule has 0 saturated carbocycles. The molecule has 0 aromatic heterocycles. The summed E-state index contributed by atoms with van der Waals surface area (Å²) in [6.07, 6.45) is 3.61. The highest BCUT2D eigenvalue weighted by Crippen LogP contribution is 2.70. The summed E-state index contributed by atoms with van der Waals surface area (Å²) in [6, 6.07) is 16.1. The summed E-state index contributed by atoms with van der Waals surface area (Å²) in [4.78, 5) is 40.3. The number of benzene rings is 2. The molecule has 0 fully saturated rings. The molecule has 0 aliphatic carbocycles. The molecule has 4 N–H and O–H groups in total. The van der Waals surface area contributed by atoms with Gasteiger partial charge in [-0.05, 0) is 55.7 Å². The average molecular weight is 496 g/mol. The molecule has 0 saturated heterocycles. The van der Waals surface area contributed by atoms with E-state index in [0.29, 0.717) is 12.0 Å². The van der Waals surface area contributed by atoms with Crippen LogP contribution in [0.5, 0.6) is 0 Å². The molecule has 0 spiro atoms. The molecule has 1 atom stereocenters. The third-order valence-corrected chi connectivity index (χ3v) is 9.49. The summed E-state index contributed by atoms with van der Waals surface area (Å²) in [5.74, 6) is 0.160. The largest absolute Gasteiger partial charge is 0.370 e. The van der Waals surface area contributed by atoms with Gasteiger partial charge in [0.05, 0.1) is 0 Å². The van der Waals surface area contributed by atoms with Crippen molar-refractivity contribution in [1.82, 2.24) is 0 Å². The van der Waals surface area contributed by atoms with Gasteiger partial charge in [-0.1, -0.05) is 73.2 Å². The molecule has 7 nitrogen and oxygen atoms in total. The van der Waals surface area contributed by atoms with Crippen LogP contribution in [0.3, 0.4) is 0 Å². The van der Waals surface area contributed by atoms with Crippen molar-refractivity contribution < 1.29 is 33.4 Å². The van der Waals surface area contributed by atoms with Crippen LogP contribution >= 0.6 is 15.2 Å². The van der Waals surface area contributed by atoms with E-state index in [2.05, 4.69) is 6.08 Å². The normalized spacial score (nSPS) is 13.5. The molecule has 182 valence electrons. The molecule has 0 heterocycles. The highest BCUT2D eigenvalue weighted by atomic mass is 31.2. The first-order valence-corrected chi connectivity index (χ1v) is 14.1. The van der Waals surface area contributed by atoms with Crippen molar-refractivity contribution >= 4 is 15.2 Å². The van der Waals surface area contributed by atoms with Gasteiger partial charge in [-0.25, -0.2) is 0 Å². The van der Waals surface area contributed by atoms with Gasteiger partial charge in [0, 0.05) is 13.0 Å². The Morgan fingerprint density at radius 2 is 1.55 bits per heavy atom. The van der Waals surface area contributed by atoms with E-state index in [1.165, 1.54) is 5.57 Å². The summed E-state index contributed by atoms with van der Waals surface area (Å²) in [7, 11) is -10.7. The Labute approximate surface area is 195 Å². The number of ether oxygens (including phenoxy) is 1. The molecule has 0 bridgehead atoms. The zero-order valence-corrected chi connectivity index (χ0v) is 21.1. The van der Waals surface area contributed by atoms with Crippen LogP contribution in [-0.2, 0) is 20.3 Å². The minimum Gasteiger partial charge on any atom is -0.352 e. The number of allylic oxidation sites excluding steroid dienone is 2. The number of hydrogen-bond acceptors (Lipinski definition) is 3. The fourth-order valence-corrected chi connectivity index (χ4v) is 6.23. The van der Waals surface area contributed by atoms with Crippen LogP contribution in [0.15, 0.2) is 66.2 Å². The van der Waals surface area contributed by atoms with Gasteiger partial charge in [-0.3, -0.25) is 9.13 Å². The van der Waals surface area contributed by atoms with Gasteiger partial charge in [-0.15, -0.1) is 0 Å². The quantitative estimate of drug-likeness (QED) is 0.220. The predicted octanol–water partition coefficient (Wildman–Crippen LogP) is 5.69. The van der Waals surface area contributed by atoms with E-state index in [1.54, 1.807) is 18.2 Å². The molecule has 2 aromatic rings. The van der Waals surface area contributed by atoms with Crippen LogP contribution < -0.4 is 0 Å². The third-order valence-electron chi connectivity index (χ3n) is 5.53. The van der Waals surface area contributed by atoms with Crippen molar-refractivity contribution in [3.63, 3.8) is 0 Å². The van der Waals surface area contributed by atoms with Crippen LogP contribution in [0, 0.1) is 5.92 Å². The molecule has 0 radical (unpaired) electrons. The van der Waals surface area contributed by atoms with Crippen molar-refractivity contribution in [2.45, 2.75) is 51.5 Å². The summed E-state index contributed by atoms with van der Waals surface area (Å²) in [5.41, 5.74) is 3.22. The van der Waals surface area contributed by atoms with Gasteiger partial charge in [-0.2, -0.15) is 0 Å². The highest BCUT2D eigenvalue weighted by Gasteiger charge is 2.61. The zero-order chi connectivity index (χ0) is 24.7. The van der Waals surface area contributed by atoms with Gasteiger partial charge in [0.1, 0.15) is 0 Å². The van der Waals surface area contributed by atoms with E-state index in [4.69, 9.17) is 4.74 Å². The van der Waals surface area contributed by atoms with Gasteiger partial charge in [0.2, 0.25) is 0 Å². The predicted molar refractivity (Wildman–Crippen MR) is 131 cm³/mol. The van der Waals surface area contributed by atoms with E-state index in [9.17, 15) is 28.7 Å². The maximum Gasteiger partial charge on any atom is 0.370 e. The second-order valence-corrected chi connectivity index (χ2v) is 12.6. The van der Waals surface area contributed by atoms with Crippen LogP contribution in [0.1, 0.15) is 45.6 Å². The van der Waals surface area contributed by atoms with Crippen LogP contribution in [0.2, 0.25) is 0 Å². The molecule has 2 aromatic carbocycles. The maximum absolute atomic E-state index is 12.5. The molecular weight excluding hydrogens is 462 g/mol. The molecule has 0 aliphatic heterocycles. The lowest BCUT2D eigenvalue weighted by molar-refractivity contribution is 0.0299. The van der Waals surface area contributed by atoms with Gasteiger partial charge < -0.3 is 24.3 Å². The molecular formula is C24H34O7P2. The van der Waals surface area contributed by atoms with E-state index in [-0.39, 0.29) is 12.5 Å². The van der Waals surface area contributed by atoms with E-state index in [1.807, 2.05) is 57.2 Å². The topological polar surface area (TPSA) is 124 Å². The highest BCUT2D eigenvalue weighted by molar-refractivity contribution is 7.72. The lowest BCUT2D eigenvalue weighted by Crippen LogP contribution is -2.36. The Kier molecular flexibility index (Phi) is 9.83. The van der Waals surface area contributed by atoms with Crippen LogP contribution in [0.25, 0.3) is 11.1 Å². The first-order chi connectivity index (χ1) is 15.4. The van der Waals surface area contributed by atoms with Crippen LogP contribution in [-0.4, -0.2) is 31.3 Å². The molecule has 9 heteroatoms. The number of rotatable bonds is 12. The Morgan fingerprint density at radius 3 is 2.12 bits per heavy atom. The smallest absolute Gasteiger partial charge is 0.352 e. The Balaban J connectivity index is 2.27. The Morgan fingerprint density at radius 1 is 0.939 bits per heavy atom. The van der Waals surface area contributed by atoms with Crippen molar-refractivity contribution in [2.75, 3.05) is 6.61 Å². The fourth-order valence-electron chi connectivity index (χ4n) is 3.58. The zero-order valence-electron chi connectivity index (χ0n) is 19.3. The van der Waals surface area contributed by atoms with Crippen molar-refractivity contribution in [3.8, 4) is 11.1 Å². The molecule has 2 rings (SSSR count). The van der Waals surface area contributed by atoms with Crippen molar-refractivity contribution in [1.29, 1.82) is 0 Å². The van der Waals surface area contributed by atoms with Crippen LogP contribution in [0.4, 0.5) is 0 Å². The van der Waals surface area contributed by atoms with E-state index in [0.717, 1.165) is 24.0 Å². The minimum absolute atomic E-state index is 0.160. The minimum atomic E-state index is -5.37. The summed E-state index contributed by atoms with van der Waals surface area (Å²) < 4.78 is 30.4. The lowest BCUT2D eigenvalue weighted by atomic mass is 10.0. The Hall–Kier alpha value is -1.56. The first kappa shape index (κ1) is 27.7. The second-order valence-electron chi connectivity index (χ2n) is 8.68. The average Bonchev–Trinajstić information content (AvgIpc) is 2.72. The maximum atomic E-state index is 12.5. The fraction of sp³-hybridized carbons (Fsp3) is 0.417. The van der Waals surface area contributed by atoms with Gasteiger partial charge in [0.15, 0.2) is 0 Å². The lowest BCUT2D eigenvalue weighted by Gasteiger charge is -2.35. The monoisotopic (exact) mass is 496 g/mol. The molecule has 0 aliphatic rings. The Bertz CT molecular complexity index is 998.